The summed E-state index contributed by atoms with van der Waals surface area (Å²) in [5, 5.41) is 7.60. The molecule has 0 unspecified atom stereocenters. The molecule has 0 spiro atoms. The summed E-state index contributed by atoms with van der Waals surface area (Å²) in [5.74, 6) is 1.63. The van der Waals surface area contributed by atoms with Crippen molar-refractivity contribution in [2.24, 2.45) is 7.05 Å². The molecular formula is C18H27N7O. The third kappa shape index (κ3) is 3.49. The molecule has 0 saturated carbocycles. The molecule has 1 aliphatic rings. The monoisotopic (exact) mass is 357 g/mol. The van der Waals surface area contributed by atoms with Crippen molar-refractivity contribution in [3.63, 3.8) is 0 Å². The molecule has 1 fully saturated rings. The van der Waals surface area contributed by atoms with Gasteiger partial charge in [0.05, 0.1) is 11.3 Å². The topological polar surface area (TPSA) is 79.2 Å². The van der Waals surface area contributed by atoms with Crippen molar-refractivity contribution >= 4 is 17.7 Å². The Morgan fingerprint density at radius 2 is 1.85 bits per heavy atom. The number of hydrogen-bond acceptors (Lipinski definition) is 6. The van der Waals surface area contributed by atoms with Gasteiger partial charge < -0.3 is 15.1 Å². The Bertz CT molecular complexity index is 806. The van der Waals surface area contributed by atoms with Crippen LogP contribution in [-0.4, -0.2) is 63.3 Å². The predicted octanol–water partition coefficient (Wildman–Crippen LogP) is 1.53. The van der Waals surface area contributed by atoms with Crippen molar-refractivity contribution in [2.45, 2.75) is 27.7 Å². The molecule has 0 bridgehead atoms. The summed E-state index contributed by atoms with van der Waals surface area (Å²) in [6.45, 7) is 11.4. The summed E-state index contributed by atoms with van der Waals surface area (Å²) >= 11 is 0. The van der Waals surface area contributed by atoms with E-state index in [2.05, 4.69) is 25.3 Å². The number of anilines is 2. The van der Waals surface area contributed by atoms with E-state index in [1.54, 1.807) is 4.68 Å². The van der Waals surface area contributed by atoms with Crippen LogP contribution in [0.2, 0.25) is 0 Å². The first-order chi connectivity index (χ1) is 12.4. The van der Waals surface area contributed by atoms with Crippen molar-refractivity contribution in [2.75, 3.05) is 42.9 Å². The smallest absolute Gasteiger partial charge is 0.257 e. The van der Waals surface area contributed by atoms with E-state index in [1.807, 2.05) is 45.7 Å². The summed E-state index contributed by atoms with van der Waals surface area (Å²) in [4.78, 5) is 26.1. The summed E-state index contributed by atoms with van der Waals surface area (Å²) < 4.78 is 1.77. The Morgan fingerprint density at radius 1 is 1.15 bits per heavy atom. The van der Waals surface area contributed by atoms with Gasteiger partial charge in [0.15, 0.2) is 0 Å². The standard InChI is InChI=1S/C18H27N7O/c1-6-19-15-11-12(2)20-18(21-15)25-9-7-24(8-10-25)17(26)16-13(3)22-23(5)14(16)4/h11H,6-10H2,1-5H3,(H,19,20,21). The SMILES string of the molecule is CCNc1cc(C)nc(N2CCN(C(=O)c3c(C)nn(C)c3C)CC2)n1. The molecule has 0 aromatic carbocycles. The molecule has 3 rings (SSSR count). The fraction of sp³-hybridized carbons (Fsp3) is 0.556. The highest BCUT2D eigenvalue weighted by Gasteiger charge is 2.27. The Balaban J connectivity index is 1.70. The zero-order chi connectivity index (χ0) is 18.8. The zero-order valence-corrected chi connectivity index (χ0v) is 16.2. The average molecular weight is 357 g/mol. The molecule has 3 heterocycles. The number of rotatable bonds is 4. The quantitative estimate of drug-likeness (QED) is 0.894. The molecule has 0 radical (unpaired) electrons. The Morgan fingerprint density at radius 3 is 2.42 bits per heavy atom. The van der Waals surface area contributed by atoms with Gasteiger partial charge in [-0.1, -0.05) is 0 Å². The number of piperazine rings is 1. The van der Waals surface area contributed by atoms with Crippen LogP contribution in [-0.2, 0) is 7.05 Å². The molecule has 1 amide bonds. The van der Waals surface area contributed by atoms with Crippen LogP contribution in [0.15, 0.2) is 6.07 Å². The number of nitrogens with zero attached hydrogens (tertiary/aromatic N) is 6. The molecule has 8 nitrogen and oxygen atoms in total. The fourth-order valence-corrected chi connectivity index (χ4v) is 3.32. The predicted molar refractivity (Wildman–Crippen MR) is 102 cm³/mol. The van der Waals surface area contributed by atoms with Gasteiger partial charge in [0.1, 0.15) is 5.82 Å². The highest BCUT2D eigenvalue weighted by molar-refractivity contribution is 5.96. The van der Waals surface area contributed by atoms with E-state index in [0.29, 0.717) is 13.1 Å². The maximum Gasteiger partial charge on any atom is 0.257 e. The number of carbonyl (C=O) groups excluding carboxylic acids is 1. The maximum absolute atomic E-state index is 12.9. The minimum Gasteiger partial charge on any atom is -0.370 e. The second-order valence-corrected chi connectivity index (χ2v) is 6.67. The summed E-state index contributed by atoms with van der Waals surface area (Å²) in [5.41, 5.74) is 3.36. The zero-order valence-electron chi connectivity index (χ0n) is 16.2. The van der Waals surface area contributed by atoms with E-state index in [1.165, 1.54) is 0 Å². The second kappa shape index (κ2) is 7.31. The van der Waals surface area contributed by atoms with E-state index in [-0.39, 0.29) is 5.91 Å². The average Bonchev–Trinajstić information content (AvgIpc) is 2.86. The van der Waals surface area contributed by atoms with E-state index in [4.69, 9.17) is 0 Å². The van der Waals surface area contributed by atoms with Crippen LogP contribution in [0.4, 0.5) is 11.8 Å². The van der Waals surface area contributed by atoms with Crippen LogP contribution in [0.25, 0.3) is 0 Å². The highest BCUT2D eigenvalue weighted by atomic mass is 16.2. The number of aryl methyl sites for hydroxylation is 3. The first-order valence-corrected chi connectivity index (χ1v) is 9.04. The molecular weight excluding hydrogens is 330 g/mol. The van der Waals surface area contributed by atoms with Gasteiger partial charge in [-0.2, -0.15) is 10.1 Å². The lowest BCUT2D eigenvalue weighted by molar-refractivity contribution is 0.0744. The molecule has 1 N–H and O–H groups in total. The van der Waals surface area contributed by atoms with Gasteiger partial charge in [-0.05, 0) is 27.7 Å². The molecule has 0 atom stereocenters. The van der Waals surface area contributed by atoms with Gasteiger partial charge >= 0.3 is 0 Å². The van der Waals surface area contributed by atoms with Gasteiger partial charge in [0.25, 0.3) is 5.91 Å². The normalized spacial score (nSPS) is 14.7. The number of amides is 1. The fourth-order valence-electron chi connectivity index (χ4n) is 3.32. The van der Waals surface area contributed by atoms with E-state index in [9.17, 15) is 4.79 Å². The number of hydrogen-bond donors (Lipinski definition) is 1. The number of aromatic nitrogens is 4. The summed E-state index contributed by atoms with van der Waals surface area (Å²) in [6.07, 6.45) is 0. The summed E-state index contributed by atoms with van der Waals surface area (Å²) in [7, 11) is 1.87. The van der Waals surface area contributed by atoms with Crippen LogP contribution in [0, 0.1) is 20.8 Å². The Kier molecular flexibility index (Phi) is 5.11. The molecule has 2 aromatic heterocycles. The number of carbonyl (C=O) groups is 1. The first kappa shape index (κ1) is 18.2. The Labute approximate surface area is 154 Å². The van der Waals surface area contributed by atoms with E-state index >= 15 is 0 Å². The minimum absolute atomic E-state index is 0.0613. The van der Waals surface area contributed by atoms with Crippen LogP contribution >= 0.6 is 0 Å². The van der Waals surface area contributed by atoms with Crippen molar-refractivity contribution in [1.29, 1.82) is 0 Å². The van der Waals surface area contributed by atoms with Crippen LogP contribution in [0.3, 0.4) is 0 Å². The lowest BCUT2D eigenvalue weighted by Crippen LogP contribution is -2.49. The van der Waals surface area contributed by atoms with Gasteiger partial charge in [0, 0.05) is 57.2 Å². The van der Waals surface area contributed by atoms with Gasteiger partial charge in [-0.25, -0.2) is 4.98 Å². The third-order valence-corrected chi connectivity index (χ3v) is 4.77. The van der Waals surface area contributed by atoms with Gasteiger partial charge in [-0.3, -0.25) is 9.48 Å². The molecule has 26 heavy (non-hydrogen) atoms. The van der Waals surface area contributed by atoms with Crippen LogP contribution < -0.4 is 10.2 Å². The molecule has 1 saturated heterocycles. The van der Waals surface area contributed by atoms with Crippen LogP contribution in [0.5, 0.6) is 0 Å². The summed E-state index contributed by atoms with van der Waals surface area (Å²) in [6, 6.07) is 1.95. The van der Waals surface area contributed by atoms with Crippen molar-refractivity contribution in [3.05, 3.63) is 28.7 Å². The van der Waals surface area contributed by atoms with Crippen molar-refractivity contribution in [1.82, 2.24) is 24.6 Å². The molecule has 0 aliphatic carbocycles. The van der Waals surface area contributed by atoms with Gasteiger partial charge in [0.2, 0.25) is 5.95 Å². The van der Waals surface area contributed by atoms with Gasteiger partial charge in [-0.15, -0.1) is 0 Å². The highest BCUT2D eigenvalue weighted by Crippen LogP contribution is 2.19. The van der Waals surface area contributed by atoms with E-state index < -0.39 is 0 Å². The minimum atomic E-state index is 0.0613. The maximum atomic E-state index is 12.9. The second-order valence-electron chi connectivity index (χ2n) is 6.67. The molecule has 2 aromatic rings. The lowest BCUT2D eigenvalue weighted by atomic mass is 10.1. The third-order valence-electron chi connectivity index (χ3n) is 4.77. The van der Waals surface area contributed by atoms with E-state index in [0.717, 1.165) is 54.0 Å². The Hall–Kier alpha value is -2.64. The van der Waals surface area contributed by atoms with Crippen molar-refractivity contribution < 1.29 is 4.79 Å². The van der Waals surface area contributed by atoms with Crippen molar-refractivity contribution in [3.8, 4) is 0 Å². The largest absolute Gasteiger partial charge is 0.370 e. The molecule has 1 aliphatic heterocycles. The molecule has 140 valence electrons. The van der Waals surface area contributed by atoms with Crippen LogP contribution in [0.1, 0.15) is 34.4 Å². The number of nitrogens with one attached hydrogen (secondary N) is 1. The lowest BCUT2D eigenvalue weighted by Gasteiger charge is -2.35. The first-order valence-electron chi connectivity index (χ1n) is 9.04. The molecule has 8 heteroatoms.